The van der Waals surface area contributed by atoms with Crippen molar-refractivity contribution in [2.24, 2.45) is 0 Å². The zero-order valence-corrected chi connectivity index (χ0v) is 15.1. The number of H-pyrrole nitrogens is 2. The van der Waals surface area contributed by atoms with E-state index in [4.69, 9.17) is 0 Å². The number of rotatable bonds is 4. The summed E-state index contributed by atoms with van der Waals surface area (Å²) < 4.78 is 0. The van der Waals surface area contributed by atoms with Gasteiger partial charge in [-0.2, -0.15) is 5.10 Å². The molecule has 0 bridgehead atoms. The van der Waals surface area contributed by atoms with Gasteiger partial charge in [-0.25, -0.2) is 9.89 Å². The lowest BCUT2D eigenvalue weighted by atomic mass is 9.85. The van der Waals surface area contributed by atoms with Gasteiger partial charge in [0.15, 0.2) is 0 Å². The normalized spacial score (nSPS) is 11.3. The van der Waals surface area contributed by atoms with E-state index in [0.29, 0.717) is 11.4 Å². The van der Waals surface area contributed by atoms with Crippen LogP contribution in [0.1, 0.15) is 42.5 Å². The molecule has 0 fully saturated rings. The molecule has 3 aromatic rings. The molecule has 0 aliphatic rings. The van der Waals surface area contributed by atoms with Crippen molar-refractivity contribution >= 4 is 5.91 Å². The van der Waals surface area contributed by atoms with Gasteiger partial charge in [-0.15, -0.1) is 0 Å². The van der Waals surface area contributed by atoms with Gasteiger partial charge in [0.25, 0.3) is 5.91 Å². The van der Waals surface area contributed by atoms with Crippen molar-refractivity contribution < 1.29 is 4.79 Å². The number of nitrogens with one attached hydrogen (secondary N) is 3. The summed E-state index contributed by atoms with van der Waals surface area (Å²) in [5, 5.41) is 8.79. The van der Waals surface area contributed by atoms with Crippen LogP contribution in [0.15, 0.2) is 53.3 Å². The molecular weight excluding hydrogens is 328 g/mol. The second-order valence-electron chi connectivity index (χ2n) is 7.22. The van der Waals surface area contributed by atoms with Crippen molar-refractivity contribution in [1.82, 2.24) is 20.5 Å². The van der Waals surface area contributed by atoms with Crippen LogP contribution in [0.3, 0.4) is 0 Å². The van der Waals surface area contributed by atoms with Crippen molar-refractivity contribution in [3.8, 4) is 11.1 Å². The molecule has 26 heavy (non-hydrogen) atoms. The molecule has 1 amide bonds. The van der Waals surface area contributed by atoms with Crippen LogP contribution < -0.4 is 11.0 Å². The summed E-state index contributed by atoms with van der Waals surface area (Å²) in [5.74, 6) is 0.167. The molecule has 0 aliphatic carbocycles. The minimum atomic E-state index is -0.394. The molecule has 2 aromatic carbocycles. The predicted molar refractivity (Wildman–Crippen MR) is 101 cm³/mol. The monoisotopic (exact) mass is 350 g/mol. The molecule has 3 N–H and O–H groups in total. The van der Waals surface area contributed by atoms with Crippen molar-refractivity contribution in [2.45, 2.75) is 32.7 Å². The number of aromatic nitrogens is 3. The minimum Gasteiger partial charge on any atom is -0.345 e. The third-order valence-electron chi connectivity index (χ3n) is 4.15. The van der Waals surface area contributed by atoms with Crippen molar-refractivity contribution in [3.63, 3.8) is 0 Å². The largest absolute Gasteiger partial charge is 0.345 e. The molecule has 1 aromatic heterocycles. The van der Waals surface area contributed by atoms with Crippen LogP contribution in [0.5, 0.6) is 0 Å². The lowest BCUT2D eigenvalue weighted by molar-refractivity contribution is 0.0950. The summed E-state index contributed by atoms with van der Waals surface area (Å²) in [6.45, 7) is 6.68. The van der Waals surface area contributed by atoms with E-state index in [0.717, 1.165) is 11.1 Å². The summed E-state index contributed by atoms with van der Waals surface area (Å²) in [6.07, 6.45) is 0. The Labute approximate surface area is 151 Å². The fourth-order valence-electron chi connectivity index (χ4n) is 2.66. The number of carbonyl (C=O) groups is 1. The van der Waals surface area contributed by atoms with Crippen LogP contribution in [0, 0.1) is 0 Å². The Morgan fingerprint density at radius 3 is 2.42 bits per heavy atom. The molecule has 0 aliphatic heterocycles. The van der Waals surface area contributed by atoms with E-state index < -0.39 is 5.69 Å². The fourth-order valence-corrected chi connectivity index (χ4v) is 2.66. The van der Waals surface area contributed by atoms with Gasteiger partial charge in [-0.3, -0.25) is 9.78 Å². The van der Waals surface area contributed by atoms with E-state index in [1.165, 1.54) is 5.56 Å². The topological polar surface area (TPSA) is 90.6 Å². The number of carbonyl (C=O) groups excluding carboxylic acids is 1. The molecule has 0 atom stereocenters. The molecule has 0 unspecified atom stereocenters. The van der Waals surface area contributed by atoms with Gasteiger partial charge in [0, 0.05) is 5.56 Å². The highest BCUT2D eigenvalue weighted by Gasteiger charge is 2.14. The highest BCUT2D eigenvalue weighted by Crippen LogP contribution is 2.28. The van der Waals surface area contributed by atoms with Crippen LogP contribution in [0.25, 0.3) is 11.1 Å². The third kappa shape index (κ3) is 4.08. The van der Waals surface area contributed by atoms with Gasteiger partial charge in [-0.05, 0) is 34.2 Å². The van der Waals surface area contributed by atoms with E-state index >= 15 is 0 Å². The number of hydrogen-bond donors (Lipinski definition) is 3. The molecule has 3 rings (SSSR count). The number of hydrogen-bond acceptors (Lipinski definition) is 3. The average Bonchev–Trinajstić information content (AvgIpc) is 3.04. The van der Waals surface area contributed by atoms with Crippen LogP contribution in [-0.2, 0) is 12.0 Å². The van der Waals surface area contributed by atoms with Crippen molar-refractivity contribution in [1.29, 1.82) is 0 Å². The van der Waals surface area contributed by atoms with Gasteiger partial charge >= 0.3 is 5.69 Å². The van der Waals surface area contributed by atoms with Crippen LogP contribution in [0.2, 0.25) is 0 Å². The van der Waals surface area contributed by atoms with E-state index in [1.54, 1.807) is 6.07 Å². The Bertz CT molecular complexity index is 979. The number of amides is 1. The lowest BCUT2D eigenvalue weighted by Crippen LogP contribution is -2.23. The Morgan fingerprint density at radius 2 is 1.77 bits per heavy atom. The Kier molecular flexibility index (Phi) is 4.75. The minimum absolute atomic E-state index is 0.0610. The third-order valence-corrected chi connectivity index (χ3v) is 4.15. The predicted octanol–water partition coefficient (Wildman–Crippen LogP) is 2.99. The Balaban J connectivity index is 1.79. The molecule has 134 valence electrons. The molecule has 0 spiro atoms. The summed E-state index contributed by atoms with van der Waals surface area (Å²) in [7, 11) is 0. The first-order valence-corrected chi connectivity index (χ1v) is 8.46. The first kappa shape index (κ1) is 17.7. The average molecular weight is 350 g/mol. The van der Waals surface area contributed by atoms with Crippen molar-refractivity contribution in [2.75, 3.05) is 0 Å². The Morgan fingerprint density at radius 1 is 1.08 bits per heavy atom. The van der Waals surface area contributed by atoms with E-state index in [2.05, 4.69) is 53.4 Å². The summed E-state index contributed by atoms with van der Waals surface area (Å²) in [5.41, 5.74) is 3.52. The van der Waals surface area contributed by atoms with Gasteiger partial charge < -0.3 is 5.32 Å². The Hall–Kier alpha value is -3.15. The summed E-state index contributed by atoms with van der Waals surface area (Å²) in [6, 6.07) is 15.8. The highest BCUT2D eigenvalue weighted by molar-refractivity contribution is 5.95. The maximum Gasteiger partial charge on any atom is 0.340 e. The van der Waals surface area contributed by atoms with E-state index in [1.807, 2.05) is 30.3 Å². The zero-order valence-electron chi connectivity index (χ0n) is 15.1. The quantitative estimate of drug-likeness (QED) is 0.675. The molecule has 6 nitrogen and oxygen atoms in total. The van der Waals surface area contributed by atoms with E-state index in [9.17, 15) is 9.59 Å². The van der Waals surface area contributed by atoms with Gasteiger partial charge in [0.1, 0.15) is 5.82 Å². The fraction of sp³-hybridized carbons (Fsp3) is 0.250. The number of benzene rings is 2. The standard InChI is InChI=1S/C20H22N4O2/c1-20(2,3)16-9-5-7-14(11-16)13-6-4-8-15(10-13)18(25)21-12-17-22-19(26)24-23-17/h4-11H,12H2,1-3H3,(H,21,25)(H2,22,23,24,26). The summed E-state index contributed by atoms with van der Waals surface area (Å²) >= 11 is 0. The van der Waals surface area contributed by atoms with Crippen molar-refractivity contribution in [3.05, 3.63) is 76.0 Å². The lowest BCUT2D eigenvalue weighted by Gasteiger charge is -2.20. The van der Waals surface area contributed by atoms with Gasteiger partial charge in [-0.1, -0.05) is 57.2 Å². The molecular formula is C20H22N4O2. The smallest absolute Gasteiger partial charge is 0.340 e. The van der Waals surface area contributed by atoms with Crippen LogP contribution in [-0.4, -0.2) is 21.1 Å². The van der Waals surface area contributed by atoms with E-state index in [-0.39, 0.29) is 17.9 Å². The number of aromatic amines is 2. The first-order valence-electron chi connectivity index (χ1n) is 8.46. The van der Waals surface area contributed by atoms with Crippen LogP contribution >= 0.6 is 0 Å². The number of nitrogens with zero attached hydrogens (tertiary/aromatic N) is 1. The van der Waals surface area contributed by atoms with Gasteiger partial charge in [0.2, 0.25) is 0 Å². The molecule has 0 radical (unpaired) electrons. The second kappa shape index (κ2) is 7.00. The molecule has 6 heteroatoms. The maximum atomic E-state index is 12.4. The van der Waals surface area contributed by atoms with Crippen LogP contribution in [0.4, 0.5) is 0 Å². The zero-order chi connectivity index (χ0) is 18.7. The second-order valence-corrected chi connectivity index (χ2v) is 7.22. The maximum absolute atomic E-state index is 12.4. The summed E-state index contributed by atoms with van der Waals surface area (Å²) in [4.78, 5) is 25.9. The van der Waals surface area contributed by atoms with Gasteiger partial charge in [0.05, 0.1) is 6.54 Å². The first-order chi connectivity index (χ1) is 12.3. The SMILES string of the molecule is CC(C)(C)c1cccc(-c2cccc(C(=O)NCc3n[nH]c(=O)[nH]3)c2)c1. The highest BCUT2D eigenvalue weighted by atomic mass is 16.2. The molecule has 0 saturated heterocycles. The molecule has 0 saturated carbocycles. The molecule has 1 heterocycles.